The van der Waals surface area contributed by atoms with Gasteiger partial charge in [-0.25, -0.2) is 9.59 Å². The fourth-order valence-corrected chi connectivity index (χ4v) is 0.942. The van der Waals surface area contributed by atoms with Crippen LogP contribution in [-0.4, -0.2) is 24.6 Å². The van der Waals surface area contributed by atoms with E-state index in [9.17, 15) is 9.59 Å². The van der Waals surface area contributed by atoms with E-state index in [1.165, 1.54) is 6.42 Å². The van der Waals surface area contributed by atoms with Crippen LogP contribution in [0.3, 0.4) is 0 Å². The van der Waals surface area contributed by atoms with Crippen molar-refractivity contribution in [1.29, 1.82) is 0 Å². The van der Waals surface area contributed by atoms with Crippen LogP contribution in [0.4, 0.5) is 0 Å². The first kappa shape index (κ1) is 15.4. The molecule has 0 aromatic rings. The molecule has 0 radical (unpaired) electrons. The first-order valence-electron chi connectivity index (χ1n) is 5.66. The highest BCUT2D eigenvalue weighted by molar-refractivity contribution is 5.87. The van der Waals surface area contributed by atoms with Crippen molar-refractivity contribution in [3.63, 3.8) is 0 Å². The van der Waals surface area contributed by atoms with Crippen LogP contribution in [0.25, 0.3) is 0 Å². The summed E-state index contributed by atoms with van der Waals surface area (Å²) in [7, 11) is 0. The van der Waals surface area contributed by atoms with Gasteiger partial charge in [0.2, 0.25) is 0 Å². The highest BCUT2D eigenvalue weighted by Crippen LogP contribution is 2.22. The Morgan fingerprint density at radius 2 is 2.00 bits per heavy atom. The van der Waals surface area contributed by atoms with Crippen LogP contribution < -0.4 is 0 Å². The van der Waals surface area contributed by atoms with Crippen molar-refractivity contribution in [3.8, 4) is 0 Å². The summed E-state index contributed by atoms with van der Waals surface area (Å²) in [5.41, 5.74) is 0.492. The van der Waals surface area contributed by atoms with Gasteiger partial charge in [-0.05, 0) is 33.1 Å². The first-order chi connectivity index (χ1) is 8.01. The van der Waals surface area contributed by atoms with E-state index in [2.05, 4.69) is 17.9 Å². The molecule has 1 aliphatic carbocycles. The van der Waals surface area contributed by atoms with Gasteiger partial charge in [0.05, 0.1) is 6.61 Å². The number of carbonyl (C=O) groups is 2. The molecule has 4 heteroatoms. The molecule has 0 N–H and O–H groups in total. The monoisotopic (exact) mass is 240 g/mol. The molecule has 0 saturated heterocycles. The minimum Gasteiger partial charge on any atom is -0.463 e. The molecule has 0 unspecified atom stereocenters. The number of hydrogen-bond acceptors (Lipinski definition) is 4. The van der Waals surface area contributed by atoms with Crippen molar-refractivity contribution in [3.05, 3.63) is 24.8 Å². The van der Waals surface area contributed by atoms with Gasteiger partial charge in [0.1, 0.15) is 6.10 Å². The van der Waals surface area contributed by atoms with Crippen LogP contribution in [0.15, 0.2) is 24.8 Å². The maximum absolute atomic E-state index is 10.8. The van der Waals surface area contributed by atoms with Crippen LogP contribution in [0.5, 0.6) is 0 Å². The zero-order valence-electron chi connectivity index (χ0n) is 10.5. The molecule has 0 aromatic carbocycles. The third-order valence-electron chi connectivity index (χ3n) is 2.13. The second kappa shape index (κ2) is 8.56. The lowest BCUT2D eigenvalue weighted by molar-refractivity contribution is -0.148. The fourth-order valence-electron chi connectivity index (χ4n) is 0.942. The van der Waals surface area contributed by atoms with Gasteiger partial charge in [0.25, 0.3) is 0 Å². The summed E-state index contributed by atoms with van der Waals surface area (Å²) in [5, 5.41) is 0. The summed E-state index contributed by atoms with van der Waals surface area (Å²) in [6, 6.07) is 0. The zero-order valence-corrected chi connectivity index (χ0v) is 10.5. The van der Waals surface area contributed by atoms with Gasteiger partial charge in [-0.2, -0.15) is 0 Å². The predicted octanol–water partition coefficient (Wildman–Crippen LogP) is 2.39. The van der Waals surface area contributed by atoms with E-state index in [1.54, 1.807) is 13.8 Å². The molecule has 0 amide bonds. The summed E-state index contributed by atoms with van der Waals surface area (Å²) >= 11 is 0. The highest BCUT2D eigenvalue weighted by atomic mass is 16.5. The van der Waals surface area contributed by atoms with E-state index < -0.39 is 0 Å². The summed E-state index contributed by atoms with van der Waals surface area (Å²) in [6.45, 7) is 10.5. The minimum absolute atomic E-state index is 0.184. The molecule has 0 aliphatic heterocycles. The van der Waals surface area contributed by atoms with Crippen molar-refractivity contribution >= 4 is 11.9 Å². The Balaban J connectivity index is 0.000000325. The van der Waals surface area contributed by atoms with E-state index in [1.807, 2.05) is 0 Å². The van der Waals surface area contributed by atoms with Crippen LogP contribution in [0.2, 0.25) is 0 Å². The number of rotatable bonds is 4. The summed E-state index contributed by atoms with van der Waals surface area (Å²) in [6.07, 6.45) is 4.57. The zero-order chi connectivity index (χ0) is 13.3. The molecule has 0 heterocycles. The molecule has 0 aromatic heterocycles. The average molecular weight is 240 g/mol. The van der Waals surface area contributed by atoms with E-state index >= 15 is 0 Å². The Kier molecular flexibility index (Phi) is 7.76. The van der Waals surface area contributed by atoms with Crippen molar-refractivity contribution in [2.75, 3.05) is 6.61 Å². The standard InChI is InChI=1S/C8H12O2.C5H8O2/c1-6(2)8(9)10-7-4-3-5-7;1-3-5(6)7-4-2/h7H,1,3-5H2,2H3;3H,1,4H2,2H3. The number of esters is 2. The van der Waals surface area contributed by atoms with Crippen LogP contribution >= 0.6 is 0 Å². The lowest BCUT2D eigenvalue weighted by Gasteiger charge is -2.24. The molecule has 1 rings (SSSR count). The first-order valence-corrected chi connectivity index (χ1v) is 5.66. The van der Waals surface area contributed by atoms with E-state index in [4.69, 9.17) is 4.74 Å². The van der Waals surface area contributed by atoms with E-state index in [0.717, 1.165) is 18.9 Å². The van der Waals surface area contributed by atoms with Crippen LogP contribution in [0.1, 0.15) is 33.1 Å². The molecule has 0 spiro atoms. The molecule has 1 aliphatic rings. The SMILES string of the molecule is C=C(C)C(=O)OC1CCC1.C=CC(=O)OCC. The molecule has 96 valence electrons. The Morgan fingerprint density at radius 3 is 2.24 bits per heavy atom. The second-order valence-corrected chi connectivity index (χ2v) is 3.69. The Morgan fingerprint density at radius 1 is 1.41 bits per heavy atom. The van der Waals surface area contributed by atoms with Gasteiger partial charge in [-0.3, -0.25) is 0 Å². The van der Waals surface area contributed by atoms with Gasteiger partial charge in [0, 0.05) is 11.6 Å². The molecule has 1 saturated carbocycles. The molecular formula is C13H20O4. The van der Waals surface area contributed by atoms with Crippen molar-refractivity contribution in [1.82, 2.24) is 0 Å². The number of carbonyl (C=O) groups excluding carboxylic acids is 2. The maximum atomic E-state index is 10.8. The van der Waals surface area contributed by atoms with Crippen LogP contribution in [0, 0.1) is 0 Å². The predicted molar refractivity (Wildman–Crippen MR) is 65.4 cm³/mol. The second-order valence-electron chi connectivity index (χ2n) is 3.69. The number of hydrogen-bond donors (Lipinski definition) is 0. The smallest absolute Gasteiger partial charge is 0.333 e. The molecule has 1 fully saturated rings. The van der Waals surface area contributed by atoms with Crippen molar-refractivity contribution in [2.24, 2.45) is 0 Å². The van der Waals surface area contributed by atoms with Crippen molar-refractivity contribution in [2.45, 2.75) is 39.2 Å². The summed E-state index contributed by atoms with van der Waals surface area (Å²) in [5.74, 6) is -0.604. The lowest BCUT2D eigenvalue weighted by atomic mass is 9.96. The Bertz CT molecular complexity index is 290. The Labute approximate surface area is 102 Å². The molecule has 0 bridgehead atoms. The van der Waals surface area contributed by atoms with E-state index in [-0.39, 0.29) is 18.0 Å². The molecule has 0 atom stereocenters. The molecule has 4 nitrogen and oxygen atoms in total. The summed E-state index contributed by atoms with van der Waals surface area (Å²) < 4.78 is 9.44. The van der Waals surface area contributed by atoms with Gasteiger partial charge in [-0.1, -0.05) is 13.2 Å². The maximum Gasteiger partial charge on any atom is 0.333 e. The molecular weight excluding hydrogens is 220 g/mol. The minimum atomic E-state index is -0.359. The quantitative estimate of drug-likeness (QED) is 0.559. The van der Waals surface area contributed by atoms with Gasteiger partial charge in [0.15, 0.2) is 0 Å². The van der Waals surface area contributed by atoms with Crippen molar-refractivity contribution < 1.29 is 19.1 Å². The molecule has 17 heavy (non-hydrogen) atoms. The lowest BCUT2D eigenvalue weighted by Crippen LogP contribution is -2.25. The normalized spacial score (nSPS) is 13.5. The average Bonchev–Trinajstić information content (AvgIpc) is 2.24. The third kappa shape index (κ3) is 7.33. The van der Waals surface area contributed by atoms with Gasteiger partial charge in [-0.15, -0.1) is 0 Å². The fraction of sp³-hybridized carbons (Fsp3) is 0.538. The third-order valence-corrected chi connectivity index (χ3v) is 2.13. The summed E-state index contributed by atoms with van der Waals surface area (Å²) in [4.78, 5) is 20.9. The van der Waals surface area contributed by atoms with Crippen LogP contribution in [-0.2, 0) is 19.1 Å². The highest BCUT2D eigenvalue weighted by Gasteiger charge is 2.21. The largest absolute Gasteiger partial charge is 0.463 e. The van der Waals surface area contributed by atoms with E-state index in [0.29, 0.717) is 12.2 Å². The van der Waals surface area contributed by atoms with Gasteiger partial charge < -0.3 is 9.47 Å². The Hall–Kier alpha value is -1.58. The van der Waals surface area contributed by atoms with Gasteiger partial charge >= 0.3 is 11.9 Å². The number of ether oxygens (including phenoxy) is 2. The topological polar surface area (TPSA) is 52.6 Å².